The van der Waals surface area contributed by atoms with Crippen LogP contribution in [0.15, 0.2) is 89.9 Å². The van der Waals surface area contributed by atoms with E-state index in [1.54, 1.807) is 0 Å². The molecule has 1 saturated carbocycles. The Kier molecular flexibility index (Phi) is 2.67. The minimum Gasteiger partial charge on any atom is -0.279 e. The number of hydrogen-bond acceptors (Lipinski definition) is 1. The number of rotatable bonds is 2. The molecule has 5 rings (SSSR count). The lowest BCUT2D eigenvalue weighted by Crippen LogP contribution is -2.23. The zero-order valence-corrected chi connectivity index (χ0v) is 13.7. The largest absolute Gasteiger partial charge is 0.279 e. The van der Waals surface area contributed by atoms with Crippen molar-refractivity contribution < 1.29 is 0 Å². The number of aliphatic imine (C=N–C) groups is 1. The van der Waals surface area contributed by atoms with E-state index in [9.17, 15) is 0 Å². The van der Waals surface area contributed by atoms with Crippen molar-refractivity contribution >= 4 is 6.21 Å². The molecule has 0 saturated heterocycles. The molecule has 3 atom stereocenters. The number of nitrogens with zero attached hydrogens (tertiary/aromatic N) is 1. The Morgan fingerprint density at radius 3 is 2.12 bits per heavy atom. The first-order chi connectivity index (χ1) is 11.8. The van der Waals surface area contributed by atoms with E-state index >= 15 is 0 Å². The van der Waals surface area contributed by atoms with Crippen LogP contribution in [0.1, 0.15) is 35.1 Å². The molecule has 116 valence electrons. The van der Waals surface area contributed by atoms with E-state index in [-0.39, 0.29) is 11.0 Å². The van der Waals surface area contributed by atoms with Crippen molar-refractivity contribution in [2.45, 2.75) is 23.8 Å². The monoisotopic (exact) mass is 309 g/mol. The van der Waals surface area contributed by atoms with Crippen LogP contribution in [0.2, 0.25) is 0 Å². The van der Waals surface area contributed by atoms with Gasteiger partial charge in [-0.15, -0.1) is 0 Å². The summed E-state index contributed by atoms with van der Waals surface area (Å²) in [4.78, 5) is 5.15. The smallest absolute Gasteiger partial charge is 0.103 e. The Morgan fingerprint density at radius 2 is 1.38 bits per heavy atom. The molecule has 0 aromatic heterocycles. The summed E-state index contributed by atoms with van der Waals surface area (Å²) in [5.41, 5.74) is 5.16. The van der Waals surface area contributed by atoms with Crippen LogP contribution >= 0.6 is 0 Å². The quantitative estimate of drug-likeness (QED) is 0.627. The van der Waals surface area contributed by atoms with E-state index in [1.807, 2.05) is 0 Å². The molecule has 1 heterocycles. The van der Waals surface area contributed by atoms with Crippen molar-refractivity contribution in [3.63, 3.8) is 0 Å². The van der Waals surface area contributed by atoms with Crippen LogP contribution in [0.4, 0.5) is 0 Å². The average molecular weight is 309 g/mol. The van der Waals surface area contributed by atoms with Crippen molar-refractivity contribution in [1.82, 2.24) is 0 Å². The van der Waals surface area contributed by atoms with E-state index in [0.29, 0.717) is 5.92 Å². The van der Waals surface area contributed by atoms with Crippen molar-refractivity contribution in [1.29, 1.82) is 0 Å². The second-order valence-corrected chi connectivity index (χ2v) is 7.02. The third-order valence-electron chi connectivity index (χ3n) is 5.98. The SMILES string of the molecule is CC12c3ccccc3C=NC1(c1ccccc1)C2c1ccccc1. The summed E-state index contributed by atoms with van der Waals surface area (Å²) in [5, 5.41) is 0. The minimum absolute atomic E-state index is 0.00104. The van der Waals surface area contributed by atoms with Crippen LogP contribution in [0, 0.1) is 0 Å². The van der Waals surface area contributed by atoms with Gasteiger partial charge in [0.1, 0.15) is 5.54 Å². The van der Waals surface area contributed by atoms with Gasteiger partial charge in [-0.2, -0.15) is 0 Å². The number of hydrogen-bond donors (Lipinski definition) is 0. The number of benzene rings is 3. The highest BCUT2D eigenvalue weighted by Crippen LogP contribution is 2.76. The van der Waals surface area contributed by atoms with Gasteiger partial charge in [-0.25, -0.2) is 0 Å². The Balaban J connectivity index is 1.79. The third kappa shape index (κ3) is 1.52. The molecule has 0 radical (unpaired) electrons. The second kappa shape index (κ2) is 4.67. The standard InChI is InChI=1S/C23H19N/c1-22-20-15-9-8-12-18(20)16-24-23(22,19-13-6-3-7-14-19)21(22)17-10-4-2-5-11-17/h2-16,21H,1H3. The maximum Gasteiger partial charge on any atom is 0.103 e. The van der Waals surface area contributed by atoms with E-state index in [1.165, 1.54) is 22.3 Å². The van der Waals surface area contributed by atoms with Crippen LogP contribution in [0.3, 0.4) is 0 Å². The lowest BCUT2D eigenvalue weighted by molar-refractivity contribution is 0.589. The Hall–Kier alpha value is -2.67. The molecule has 0 bridgehead atoms. The molecule has 1 fully saturated rings. The summed E-state index contributed by atoms with van der Waals surface area (Å²) in [6.45, 7) is 2.38. The molecule has 1 nitrogen and oxygen atoms in total. The van der Waals surface area contributed by atoms with Crippen molar-refractivity contribution in [2.24, 2.45) is 4.99 Å². The Bertz CT molecular complexity index is 929. The van der Waals surface area contributed by atoms with Gasteiger partial charge in [-0.3, -0.25) is 4.99 Å². The molecule has 3 unspecified atom stereocenters. The molecular formula is C23H19N. The predicted octanol–water partition coefficient (Wildman–Crippen LogP) is 5.07. The second-order valence-electron chi connectivity index (χ2n) is 7.02. The van der Waals surface area contributed by atoms with E-state index < -0.39 is 0 Å². The van der Waals surface area contributed by atoms with Gasteiger partial charge in [0.25, 0.3) is 0 Å². The van der Waals surface area contributed by atoms with Gasteiger partial charge >= 0.3 is 0 Å². The molecule has 0 amide bonds. The zero-order chi connectivity index (χ0) is 16.2. The van der Waals surface area contributed by atoms with Crippen molar-refractivity contribution in [3.05, 3.63) is 107 Å². The lowest BCUT2D eigenvalue weighted by atomic mass is 9.84. The molecule has 0 N–H and O–H groups in total. The fraction of sp³-hybridized carbons (Fsp3) is 0.174. The summed E-state index contributed by atoms with van der Waals surface area (Å²) in [7, 11) is 0. The fourth-order valence-electron chi connectivity index (χ4n) is 4.88. The summed E-state index contributed by atoms with van der Waals surface area (Å²) in [6, 6.07) is 30.4. The first kappa shape index (κ1) is 13.7. The summed E-state index contributed by atoms with van der Waals surface area (Å²) in [6.07, 6.45) is 2.08. The molecule has 3 aromatic rings. The van der Waals surface area contributed by atoms with Crippen molar-refractivity contribution in [2.75, 3.05) is 0 Å². The van der Waals surface area contributed by atoms with Crippen LogP contribution in [0.25, 0.3) is 0 Å². The van der Waals surface area contributed by atoms with Gasteiger partial charge in [0.05, 0.1) is 0 Å². The summed E-state index contributed by atoms with van der Waals surface area (Å²) >= 11 is 0. The molecule has 1 aliphatic carbocycles. The average Bonchev–Trinajstić information content (AvgIpc) is 3.25. The van der Waals surface area contributed by atoms with Crippen LogP contribution in [-0.2, 0) is 11.0 Å². The maximum atomic E-state index is 5.15. The highest BCUT2D eigenvalue weighted by atomic mass is 15.0. The maximum absolute atomic E-state index is 5.15. The van der Waals surface area contributed by atoms with Gasteiger partial charge in [0, 0.05) is 17.5 Å². The normalized spacial score (nSPS) is 29.6. The third-order valence-corrected chi connectivity index (χ3v) is 5.98. The lowest BCUT2D eigenvalue weighted by Gasteiger charge is -2.25. The minimum atomic E-state index is -0.191. The van der Waals surface area contributed by atoms with Crippen LogP contribution in [-0.4, -0.2) is 6.21 Å². The highest BCUT2D eigenvalue weighted by molar-refractivity contribution is 5.88. The van der Waals surface area contributed by atoms with Crippen molar-refractivity contribution in [3.8, 4) is 0 Å². The summed E-state index contributed by atoms with van der Waals surface area (Å²) in [5.74, 6) is 0.369. The van der Waals surface area contributed by atoms with Gasteiger partial charge < -0.3 is 0 Å². The molecule has 1 heteroatoms. The first-order valence-corrected chi connectivity index (χ1v) is 8.54. The number of fused-ring (bicyclic) bond motifs is 3. The first-order valence-electron chi connectivity index (χ1n) is 8.54. The molecule has 3 aromatic carbocycles. The zero-order valence-electron chi connectivity index (χ0n) is 13.7. The van der Waals surface area contributed by atoms with Crippen LogP contribution in [0.5, 0.6) is 0 Å². The van der Waals surface area contributed by atoms with Gasteiger partial charge in [-0.05, 0) is 22.3 Å². The fourth-order valence-corrected chi connectivity index (χ4v) is 4.88. The van der Waals surface area contributed by atoms with E-state index in [4.69, 9.17) is 4.99 Å². The highest BCUT2D eigenvalue weighted by Gasteiger charge is 2.77. The topological polar surface area (TPSA) is 12.4 Å². The molecule has 2 aliphatic rings. The summed E-state index contributed by atoms with van der Waals surface area (Å²) < 4.78 is 0. The van der Waals surface area contributed by atoms with E-state index in [2.05, 4.69) is 98.1 Å². The van der Waals surface area contributed by atoms with Gasteiger partial charge in [0.15, 0.2) is 0 Å². The molecule has 24 heavy (non-hydrogen) atoms. The molecule has 1 aliphatic heterocycles. The van der Waals surface area contributed by atoms with Crippen LogP contribution < -0.4 is 0 Å². The van der Waals surface area contributed by atoms with E-state index in [0.717, 1.165) is 0 Å². The molecular weight excluding hydrogens is 290 g/mol. The van der Waals surface area contributed by atoms with Gasteiger partial charge in [0.2, 0.25) is 0 Å². The Labute approximate surface area is 142 Å². The van der Waals surface area contributed by atoms with Gasteiger partial charge in [-0.1, -0.05) is 91.9 Å². The molecule has 0 spiro atoms. The predicted molar refractivity (Wildman–Crippen MR) is 98.7 cm³/mol. The Morgan fingerprint density at radius 1 is 0.750 bits per heavy atom.